The molecule has 0 spiro atoms. The first-order chi connectivity index (χ1) is 5.61. The van der Waals surface area contributed by atoms with Crippen molar-refractivity contribution in [3.05, 3.63) is 24.7 Å². The van der Waals surface area contributed by atoms with E-state index >= 15 is 0 Å². The fourth-order valence-corrected chi connectivity index (χ4v) is 0.454. The average Bonchev–Trinajstić information content (AvgIpc) is 2.11. The zero-order valence-corrected chi connectivity index (χ0v) is 6.86. The SMILES string of the molecule is C=CC(=O)O/C=C(\O)C(O)CC. The number of carbonyl (C=O) groups is 1. The minimum Gasteiger partial charge on any atom is -0.507 e. The van der Waals surface area contributed by atoms with E-state index < -0.39 is 12.1 Å². The molecule has 0 radical (unpaired) electrons. The molecule has 68 valence electrons. The van der Waals surface area contributed by atoms with Crippen LogP contribution in [0.25, 0.3) is 0 Å². The van der Waals surface area contributed by atoms with Crippen LogP contribution in [0.2, 0.25) is 0 Å². The number of carbonyl (C=O) groups excluding carboxylic acids is 1. The molecule has 0 fully saturated rings. The van der Waals surface area contributed by atoms with E-state index in [1.165, 1.54) is 0 Å². The molecule has 0 bridgehead atoms. The maximum atomic E-state index is 10.4. The van der Waals surface area contributed by atoms with Crippen molar-refractivity contribution in [2.45, 2.75) is 19.4 Å². The Bertz CT molecular complexity index is 195. The molecule has 2 N–H and O–H groups in total. The monoisotopic (exact) mass is 172 g/mol. The molecule has 0 amide bonds. The molecule has 0 saturated carbocycles. The lowest BCUT2D eigenvalue weighted by molar-refractivity contribution is -0.132. The topological polar surface area (TPSA) is 66.8 Å². The third-order valence-corrected chi connectivity index (χ3v) is 1.19. The maximum absolute atomic E-state index is 10.4. The first-order valence-corrected chi connectivity index (χ1v) is 3.52. The molecule has 0 aromatic heterocycles. The molecule has 0 aromatic rings. The molecule has 0 rings (SSSR count). The van der Waals surface area contributed by atoms with Crippen LogP contribution in [0, 0.1) is 0 Å². The number of hydrogen-bond acceptors (Lipinski definition) is 4. The van der Waals surface area contributed by atoms with Crippen LogP contribution in [0.5, 0.6) is 0 Å². The van der Waals surface area contributed by atoms with Crippen LogP contribution in [0.15, 0.2) is 24.7 Å². The molecule has 0 aliphatic heterocycles. The van der Waals surface area contributed by atoms with E-state index in [-0.39, 0.29) is 5.76 Å². The summed E-state index contributed by atoms with van der Waals surface area (Å²) in [6, 6.07) is 0. The third kappa shape index (κ3) is 3.78. The van der Waals surface area contributed by atoms with Gasteiger partial charge in [-0.3, -0.25) is 0 Å². The number of hydrogen-bond donors (Lipinski definition) is 2. The van der Waals surface area contributed by atoms with Gasteiger partial charge in [0.2, 0.25) is 0 Å². The maximum Gasteiger partial charge on any atom is 0.335 e. The van der Waals surface area contributed by atoms with Gasteiger partial charge < -0.3 is 14.9 Å². The summed E-state index contributed by atoms with van der Waals surface area (Å²) in [6.07, 6.45) is 1.14. The standard InChI is InChI=1S/C8H12O4/c1-3-6(9)7(10)5-12-8(11)4-2/h4-6,9-10H,2-3H2,1H3/b7-5-. The Balaban J connectivity index is 3.99. The van der Waals surface area contributed by atoms with Crippen LogP contribution in [0.4, 0.5) is 0 Å². The molecule has 1 unspecified atom stereocenters. The summed E-state index contributed by atoms with van der Waals surface area (Å²) >= 11 is 0. The van der Waals surface area contributed by atoms with Crippen molar-refractivity contribution >= 4 is 5.97 Å². The lowest BCUT2D eigenvalue weighted by Crippen LogP contribution is -2.09. The van der Waals surface area contributed by atoms with Gasteiger partial charge in [-0.1, -0.05) is 13.5 Å². The minimum atomic E-state index is -0.984. The summed E-state index contributed by atoms with van der Waals surface area (Å²) in [5.41, 5.74) is 0. The van der Waals surface area contributed by atoms with Gasteiger partial charge in [-0.2, -0.15) is 0 Å². The molecule has 1 atom stereocenters. The van der Waals surface area contributed by atoms with Gasteiger partial charge in [0, 0.05) is 6.08 Å². The lowest BCUT2D eigenvalue weighted by atomic mass is 10.2. The van der Waals surface area contributed by atoms with E-state index in [0.29, 0.717) is 6.42 Å². The number of ether oxygens (including phenoxy) is 1. The first kappa shape index (κ1) is 10.7. The summed E-state index contributed by atoms with van der Waals surface area (Å²) in [5, 5.41) is 17.9. The van der Waals surface area contributed by atoms with E-state index in [4.69, 9.17) is 10.2 Å². The Morgan fingerprint density at radius 1 is 1.75 bits per heavy atom. The average molecular weight is 172 g/mol. The van der Waals surface area contributed by atoms with E-state index in [9.17, 15) is 4.79 Å². The smallest absolute Gasteiger partial charge is 0.335 e. The molecule has 12 heavy (non-hydrogen) atoms. The molecular formula is C8H12O4. The van der Waals surface area contributed by atoms with Gasteiger partial charge in [0.25, 0.3) is 0 Å². The quantitative estimate of drug-likeness (QED) is 0.375. The third-order valence-electron chi connectivity index (χ3n) is 1.19. The number of aliphatic hydroxyl groups excluding tert-OH is 2. The Hall–Kier alpha value is -1.29. The van der Waals surface area contributed by atoms with Crippen molar-refractivity contribution in [2.75, 3.05) is 0 Å². The predicted octanol–water partition coefficient (Wildman–Crippen LogP) is 0.886. The largest absolute Gasteiger partial charge is 0.507 e. The zero-order chi connectivity index (χ0) is 9.56. The van der Waals surface area contributed by atoms with Crippen LogP contribution in [-0.2, 0) is 9.53 Å². The Morgan fingerprint density at radius 3 is 2.75 bits per heavy atom. The van der Waals surface area contributed by atoms with Crippen LogP contribution >= 0.6 is 0 Å². The fourth-order valence-electron chi connectivity index (χ4n) is 0.454. The van der Waals surface area contributed by atoms with Crippen molar-refractivity contribution in [3.63, 3.8) is 0 Å². The van der Waals surface area contributed by atoms with Crippen LogP contribution in [0.3, 0.4) is 0 Å². The van der Waals surface area contributed by atoms with E-state index in [1.807, 2.05) is 0 Å². The van der Waals surface area contributed by atoms with Crippen LogP contribution in [-0.4, -0.2) is 22.3 Å². The fraction of sp³-hybridized carbons (Fsp3) is 0.375. The number of esters is 1. The summed E-state index contributed by atoms with van der Waals surface area (Å²) < 4.78 is 4.35. The first-order valence-electron chi connectivity index (χ1n) is 3.52. The highest BCUT2D eigenvalue weighted by molar-refractivity contribution is 5.81. The van der Waals surface area contributed by atoms with Gasteiger partial charge in [-0.25, -0.2) is 4.79 Å². The van der Waals surface area contributed by atoms with Crippen LogP contribution < -0.4 is 0 Å². The summed E-state index contributed by atoms with van der Waals surface area (Å²) in [6.45, 7) is 4.84. The molecular weight excluding hydrogens is 160 g/mol. The predicted molar refractivity (Wildman–Crippen MR) is 43.3 cm³/mol. The molecule has 0 heterocycles. The molecule has 0 aliphatic carbocycles. The molecule has 4 nitrogen and oxygen atoms in total. The Morgan fingerprint density at radius 2 is 2.33 bits per heavy atom. The van der Waals surface area contributed by atoms with Gasteiger partial charge in [-0.15, -0.1) is 0 Å². The van der Waals surface area contributed by atoms with Crippen molar-refractivity contribution in [1.29, 1.82) is 0 Å². The second-order valence-corrected chi connectivity index (χ2v) is 2.11. The van der Waals surface area contributed by atoms with Gasteiger partial charge in [0.15, 0.2) is 5.76 Å². The Kier molecular flexibility index (Phi) is 4.79. The van der Waals surface area contributed by atoms with Gasteiger partial charge >= 0.3 is 5.97 Å². The molecule has 0 saturated heterocycles. The van der Waals surface area contributed by atoms with Gasteiger partial charge in [0.05, 0.1) is 0 Å². The highest BCUT2D eigenvalue weighted by Gasteiger charge is 2.06. The second-order valence-electron chi connectivity index (χ2n) is 2.11. The van der Waals surface area contributed by atoms with E-state index in [0.717, 1.165) is 12.3 Å². The summed E-state index contributed by atoms with van der Waals surface area (Å²) in [4.78, 5) is 10.4. The van der Waals surface area contributed by atoms with Crippen molar-refractivity contribution in [2.24, 2.45) is 0 Å². The van der Waals surface area contributed by atoms with Crippen LogP contribution in [0.1, 0.15) is 13.3 Å². The normalized spacial score (nSPS) is 13.7. The van der Waals surface area contributed by atoms with Crippen molar-refractivity contribution in [3.8, 4) is 0 Å². The minimum absolute atomic E-state index is 0.355. The van der Waals surface area contributed by atoms with Gasteiger partial charge in [-0.05, 0) is 6.42 Å². The highest BCUT2D eigenvalue weighted by atomic mass is 16.5. The summed E-state index contributed by atoms with van der Waals surface area (Å²) in [7, 11) is 0. The van der Waals surface area contributed by atoms with Crippen molar-refractivity contribution < 1.29 is 19.7 Å². The second kappa shape index (κ2) is 5.37. The number of aliphatic hydroxyl groups is 2. The Labute approximate surface area is 70.8 Å². The molecule has 4 heteroatoms. The van der Waals surface area contributed by atoms with Gasteiger partial charge in [0.1, 0.15) is 12.4 Å². The van der Waals surface area contributed by atoms with Crippen molar-refractivity contribution in [1.82, 2.24) is 0 Å². The van der Waals surface area contributed by atoms with E-state index in [2.05, 4.69) is 11.3 Å². The van der Waals surface area contributed by atoms with E-state index in [1.54, 1.807) is 6.92 Å². The summed E-state index contributed by atoms with van der Waals surface area (Å²) in [5.74, 6) is -1.04. The lowest BCUT2D eigenvalue weighted by Gasteiger charge is -2.04. The molecule has 0 aromatic carbocycles. The molecule has 0 aliphatic rings. The number of rotatable bonds is 4. The zero-order valence-electron chi connectivity index (χ0n) is 6.86. The highest BCUT2D eigenvalue weighted by Crippen LogP contribution is 2.01.